The highest BCUT2D eigenvalue weighted by Gasteiger charge is 2.15. The summed E-state index contributed by atoms with van der Waals surface area (Å²) in [4.78, 5) is 0. The van der Waals surface area contributed by atoms with Crippen molar-refractivity contribution in [3.05, 3.63) is 29.3 Å². The molecule has 0 heterocycles. The summed E-state index contributed by atoms with van der Waals surface area (Å²) in [6, 6.07) is 5.72. The minimum absolute atomic E-state index is 0.0532. The first-order valence-electron chi connectivity index (χ1n) is 5.12. The van der Waals surface area contributed by atoms with E-state index in [1.165, 1.54) is 0 Å². The van der Waals surface area contributed by atoms with Crippen LogP contribution in [0.1, 0.15) is 24.2 Å². The molecule has 1 aromatic carbocycles. The van der Waals surface area contributed by atoms with Gasteiger partial charge in [-0.05, 0) is 36.6 Å². The first kappa shape index (κ1) is 12.0. The molecule has 0 aliphatic rings. The van der Waals surface area contributed by atoms with E-state index in [9.17, 15) is 5.11 Å². The summed E-state index contributed by atoms with van der Waals surface area (Å²) >= 11 is 0. The van der Waals surface area contributed by atoms with Crippen LogP contribution < -0.4 is 10.5 Å². The van der Waals surface area contributed by atoms with Crippen molar-refractivity contribution in [3.63, 3.8) is 0 Å². The van der Waals surface area contributed by atoms with Crippen LogP contribution in [0.4, 0.5) is 0 Å². The molecule has 0 aliphatic heterocycles. The quantitative estimate of drug-likeness (QED) is 0.792. The van der Waals surface area contributed by atoms with Gasteiger partial charge >= 0.3 is 0 Å². The minimum atomic E-state index is -0.524. The molecule has 0 saturated carbocycles. The molecule has 0 radical (unpaired) electrons. The standard InChI is InChI=1S/C12H19NO2/c1-8-4-5-10(6-11(8)15-3)12(14)9(2)7-13/h4-6,9,12,14H,7,13H2,1-3H3. The SMILES string of the molecule is COc1cc(C(O)C(C)CN)ccc1C. The summed E-state index contributed by atoms with van der Waals surface area (Å²) in [7, 11) is 1.63. The Morgan fingerprint density at radius 1 is 1.47 bits per heavy atom. The van der Waals surface area contributed by atoms with Crippen molar-refractivity contribution in [2.45, 2.75) is 20.0 Å². The predicted octanol–water partition coefficient (Wildman–Crippen LogP) is 1.63. The molecule has 0 spiro atoms. The van der Waals surface area contributed by atoms with E-state index in [1.807, 2.05) is 32.0 Å². The van der Waals surface area contributed by atoms with Gasteiger partial charge in [0.05, 0.1) is 13.2 Å². The van der Waals surface area contributed by atoms with Crippen LogP contribution in [0, 0.1) is 12.8 Å². The zero-order chi connectivity index (χ0) is 11.4. The molecule has 15 heavy (non-hydrogen) atoms. The van der Waals surface area contributed by atoms with Crippen molar-refractivity contribution in [3.8, 4) is 5.75 Å². The van der Waals surface area contributed by atoms with Crippen molar-refractivity contribution in [2.24, 2.45) is 11.7 Å². The van der Waals surface area contributed by atoms with Crippen molar-refractivity contribution >= 4 is 0 Å². The van der Waals surface area contributed by atoms with Gasteiger partial charge in [0.2, 0.25) is 0 Å². The highest BCUT2D eigenvalue weighted by atomic mass is 16.5. The molecule has 0 fully saturated rings. The van der Waals surface area contributed by atoms with Gasteiger partial charge in [0.25, 0.3) is 0 Å². The lowest BCUT2D eigenvalue weighted by Crippen LogP contribution is -2.18. The van der Waals surface area contributed by atoms with E-state index in [0.29, 0.717) is 6.54 Å². The van der Waals surface area contributed by atoms with Crippen LogP contribution in [0.15, 0.2) is 18.2 Å². The fraction of sp³-hybridized carbons (Fsp3) is 0.500. The summed E-state index contributed by atoms with van der Waals surface area (Å²) in [5, 5.41) is 9.96. The first-order valence-corrected chi connectivity index (χ1v) is 5.12. The third-order valence-corrected chi connectivity index (χ3v) is 2.68. The lowest BCUT2D eigenvalue weighted by atomic mass is 9.96. The van der Waals surface area contributed by atoms with Crippen molar-refractivity contribution in [1.29, 1.82) is 0 Å². The van der Waals surface area contributed by atoms with Crippen LogP contribution in [0.25, 0.3) is 0 Å². The predicted molar refractivity (Wildman–Crippen MR) is 60.9 cm³/mol. The topological polar surface area (TPSA) is 55.5 Å². The van der Waals surface area contributed by atoms with Crippen molar-refractivity contribution < 1.29 is 9.84 Å². The van der Waals surface area contributed by atoms with Crippen molar-refractivity contribution in [1.82, 2.24) is 0 Å². The number of ether oxygens (including phenoxy) is 1. The van der Waals surface area contributed by atoms with Gasteiger partial charge in [-0.25, -0.2) is 0 Å². The summed E-state index contributed by atoms with van der Waals surface area (Å²) in [6.45, 7) is 4.37. The summed E-state index contributed by atoms with van der Waals surface area (Å²) in [5.41, 5.74) is 7.44. The average molecular weight is 209 g/mol. The van der Waals surface area contributed by atoms with Gasteiger partial charge in [-0.1, -0.05) is 19.1 Å². The molecule has 3 nitrogen and oxygen atoms in total. The van der Waals surface area contributed by atoms with Crippen LogP contribution in [-0.2, 0) is 0 Å². The molecular formula is C12H19NO2. The third kappa shape index (κ3) is 2.70. The number of nitrogens with two attached hydrogens (primary N) is 1. The molecule has 2 unspecified atom stereocenters. The highest BCUT2D eigenvalue weighted by molar-refractivity contribution is 5.37. The van der Waals surface area contributed by atoms with E-state index in [4.69, 9.17) is 10.5 Å². The Hall–Kier alpha value is -1.06. The first-order chi connectivity index (χ1) is 7.10. The Bertz CT molecular complexity index is 325. The lowest BCUT2D eigenvalue weighted by molar-refractivity contribution is 0.121. The summed E-state index contributed by atoms with van der Waals surface area (Å²) in [6.07, 6.45) is -0.524. The fourth-order valence-corrected chi connectivity index (χ4v) is 1.48. The number of aryl methyl sites for hydroxylation is 1. The fourth-order valence-electron chi connectivity index (χ4n) is 1.48. The molecular weight excluding hydrogens is 190 g/mol. The second-order valence-corrected chi connectivity index (χ2v) is 3.89. The maximum atomic E-state index is 9.96. The smallest absolute Gasteiger partial charge is 0.122 e. The number of hydrogen-bond acceptors (Lipinski definition) is 3. The molecule has 84 valence electrons. The number of aliphatic hydroxyl groups excluding tert-OH is 1. The number of rotatable bonds is 4. The van der Waals surface area contributed by atoms with Gasteiger partial charge < -0.3 is 15.6 Å². The molecule has 0 aromatic heterocycles. The number of methoxy groups -OCH3 is 1. The van der Waals surface area contributed by atoms with Crippen LogP contribution >= 0.6 is 0 Å². The second kappa shape index (κ2) is 5.14. The van der Waals surface area contributed by atoms with Gasteiger partial charge in [-0.15, -0.1) is 0 Å². The Morgan fingerprint density at radius 2 is 2.13 bits per heavy atom. The summed E-state index contributed by atoms with van der Waals surface area (Å²) < 4.78 is 5.21. The van der Waals surface area contributed by atoms with Gasteiger partial charge in [0, 0.05) is 0 Å². The van der Waals surface area contributed by atoms with Crippen LogP contribution in [0.3, 0.4) is 0 Å². The van der Waals surface area contributed by atoms with E-state index in [0.717, 1.165) is 16.9 Å². The Morgan fingerprint density at radius 3 is 2.67 bits per heavy atom. The largest absolute Gasteiger partial charge is 0.496 e. The number of hydrogen-bond donors (Lipinski definition) is 2. The molecule has 0 bridgehead atoms. The van der Waals surface area contributed by atoms with Crippen molar-refractivity contribution in [2.75, 3.05) is 13.7 Å². The van der Waals surface area contributed by atoms with Gasteiger partial charge in [-0.3, -0.25) is 0 Å². The summed E-state index contributed by atoms with van der Waals surface area (Å²) in [5.74, 6) is 0.855. The molecule has 3 N–H and O–H groups in total. The molecule has 0 saturated heterocycles. The molecule has 1 rings (SSSR count). The molecule has 0 aliphatic carbocycles. The Labute approximate surface area is 90.9 Å². The third-order valence-electron chi connectivity index (χ3n) is 2.68. The highest BCUT2D eigenvalue weighted by Crippen LogP contribution is 2.26. The van der Waals surface area contributed by atoms with E-state index < -0.39 is 6.10 Å². The average Bonchev–Trinajstić information content (AvgIpc) is 2.27. The van der Waals surface area contributed by atoms with Gasteiger partial charge in [0.15, 0.2) is 0 Å². The van der Waals surface area contributed by atoms with Crippen LogP contribution in [0.2, 0.25) is 0 Å². The monoisotopic (exact) mass is 209 g/mol. The molecule has 2 atom stereocenters. The zero-order valence-electron chi connectivity index (χ0n) is 9.53. The molecule has 0 amide bonds. The van der Waals surface area contributed by atoms with Crippen LogP contribution in [-0.4, -0.2) is 18.8 Å². The van der Waals surface area contributed by atoms with E-state index >= 15 is 0 Å². The van der Waals surface area contributed by atoms with E-state index in [-0.39, 0.29) is 5.92 Å². The normalized spacial score (nSPS) is 14.7. The lowest BCUT2D eigenvalue weighted by Gasteiger charge is -2.18. The number of aliphatic hydroxyl groups is 1. The Kier molecular flexibility index (Phi) is 4.12. The second-order valence-electron chi connectivity index (χ2n) is 3.89. The number of benzene rings is 1. The maximum Gasteiger partial charge on any atom is 0.122 e. The Balaban J connectivity index is 2.95. The van der Waals surface area contributed by atoms with Crippen LogP contribution in [0.5, 0.6) is 5.75 Å². The van der Waals surface area contributed by atoms with Gasteiger partial charge in [-0.2, -0.15) is 0 Å². The minimum Gasteiger partial charge on any atom is -0.496 e. The van der Waals surface area contributed by atoms with E-state index in [1.54, 1.807) is 7.11 Å². The van der Waals surface area contributed by atoms with E-state index in [2.05, 4.69) is 0 Å². The molecule has 1 aromatic rings. The van der Waals surface area contributed by atoms with Gasteiger partial charge in [0.1, 0.15) is 5.75 Å². The maximum absolute atomic E-state index is 9.96. The zero-order valence-corrected chi connectivity index (χ0v) is 9.53. The molecule has 3 heteroatoms.